The van der Waals surface area contributed by atoms with E-state index in [0.29, 0.717) is 34.0 Å². The van der Waals surface area contributed by atoms with Crippen LogP contribution in [0.5, 0.6) is 11.5 Å². The van der Waals surface area contributed by atoms with E-state index in [2.05, 4.69) is 9.80 Å². The number of rotatable bonds is 4. The number of phenols is 1. The molecule has 1 fully saturated rings. The molecule has 5 nitrogen and oxygen atoms in total. The lowest BCUT2D eigenvalue weighted by atomic mass is 10.0. The Morgan fingerprint density at radius 1 is 1.03 bits per heavy atom. The number of carbonyl (C=O) groups excluding carboxylic acids is 1. The van der Waals surface area contributed by atoms with Gasteiger partial charge in [-0.25, -0.2) is 4.39 Å². The summed E-state index contributed by atoms with van der Waals surface area (Å²) in [5, 5.41) is 11.3. The Morgan fingerprint density at radius 3 is 2.58 bits per heavy atom. The SMILES string of the molecule is O=C1/C(=C/c2cccc(F)c2)Oc2c1ccc(O)c2CN1CCN(c2cccc(Cl)c2)CC1. The number of anilines is 1. The Hall–Kier alpha value is -3.35. The second-order valence-electron chi connectivity index (χ2n) is 8.18. The molecular weight excluding hydrogens is 443 g/mol. The molecule has 1 saturated heterocycles. The third-order valence-electron chi connectivity index (χ3n) is 5.99. The van der Waals surface area contributed by atoms with Gasteiger partial charge in [-0.05, 0) is 54.1 Å². The molecule has 0 bridgehead atoms. The molecule has 0 aliphatic carbocycles. The summed E-state index contributed by atoms with van der Waals surface area (Å²) in [6.45, 7) is 3.67. The van der Waals surface area contributed by atoms with Crippen molar-refractivity contribution in [3.63, 3.8) is 0 Å². The van der Waals surface area contributed by atoms with E-state index >= 15 is 0 Å². The van der Waals surface area contributed by atoms with E-state index in [1.54, 1.807) is 18.2 Å². The first kappa shape index (κ1) is 21.5. The smallest absolute Gasteiger partial charge is 0.231 e. The lowest BCUT2D eigenvalue weighted by Gasteiger charge is -2.36. The lowest BCUT2D eigenvalue weighted by molar-refractivity contribution is 0.101. The maximum absolute atomic E-state index is 13.5. The van der Waals surface area contributed by atoms with Crippen molar-refractivity contribution in [2.24, 2.45) is 0 Å². The Labute approximate surface area is 196 Å². The van der Waals surface area contributed by atoms with Gasteiger partial charge in [0.25, 0.3) is 0 Å². The number of halogens is 2. The summed E-state index contributed by atoms with van der Waals surface area (Å²) in [4.78, 5) is 17.4. The molecule has 5 rings (SSSR count). The van der Waals surface area contributed by atoms with Crippen molar-refractivity contribution in [3.05, 3.63) is 94.0 Å². The molecular formula is C26H22ClFN2O3. The van der Waals surface area contributed by atoms with Gasteiger partial charge in [0.1, 0.15) is 17.3 Å². The summed E-state index contributed by atoms with van der Waals surface area (Å²) in [5.74, 6) is -0.0807. The number of hydrogen-bond acceptors (Lipinski definition) is 5. The highest BCUT2D eigenvalue weighted by Gasteiger charge is 2.32. The van der Waals surface area contributed by atoms with Crippen LogP contribution in [0.1, 0.15) is 21.5 Å². The minimum absolute atomic E-state index is 0.0887. The van der Waals surface area contributed by atoms with Crippen LogP contribution in [0.4, 0.5) is 10.1 Å². The van der Waals surface area contributed by atoms with Gasteiger partial charge < -0.3 is 14.7 Å². The number of hydrogen-bond donors (Lipinski definition) is 1. The number of fused-ring (bicyclic) bond motifs is 1. The molecule has 2 aliphatic rings. The number of ketones is 1. The van der Waals surface area contributed by atoms with Crippen molar-refractivity contribution in [2.75, 3.05) is 31.1 Å². The van der Waals surface area contributed by atoms with Gasteiger partial charge in [0.15, 0.2) is 5.76 Å². The third kappa shape index (κ3) is 4.45. The molecule has 0 aromatic heterocycles. The number of piperazine rings is 1. The monoisotopic (exact) mass is 464 g/mol. The molecule has 1 N–H and O–H groups in total. The van der Waals surface area contributed by atoms with Gasteiger partial charge >= 0.3 is 0 Å². The molecule has 7 heteroatoms. The molecule has 2 heterocycles. The van der Waals surface area contributed by atoms with E-state index in [1.807, 2.05) is 24.3 Å². The highest BCUT2D eigenvalue weighted by Crippen LogP contribution is 2.40. The summed E-state index contributed by atoms with van der Waals surface area (Å²) in [6.07, 6.45) is 1.52. The van der Waals surface area contributed by atoms with E-state index in [-0.39, 0.29) is 23.1 Å². The van der Waals surface area contributed by atoms with E-state index in [9.17, 15) is 14.3 Å². The summed E-state index contributed by atoms with van der Waals surface area (Å²) >= 11 is 6.12. The number of ether oxygens (including phenoxy) is 1. The summed E-state index contributed by atoms with van der Waals surface area (Å²) in [6, 6.07) is 16.9. The Bertz CT molecular complexity index is 1250. The average molecular weight is 465 g/mol. The fourth-order valence-corrected chi connectivity index (χ4v) is 4.44. The number of allylic oxidation sites excluding steroid dienone is 1. The maximum atomic E-state index is 13.5. The molecule has 0 amide bonds. The van der Waals surface area contributed by atoms with Gasteiger partial charge in [-0.3, -0.25) is 9.69 Å². The first-order valence-corrected chi connectivity index (χ1v) is 11.1. The van der Waals surface area contributed by atoms with Crippen LogP contribution in [-0.2, 0) is 6.54 Å². The molecule has 33 heavy (non-hydrogen) atoms. The van der Waals surface area contributed by atoms with E-state index in [4.69, 9.17) is 16.3 Å². The van der Waals surface area contributed by atoms with Crippen LogP contribution in [0, 0.1) is 5.82 Å². The van der Waals surface area contributed by atoms with Gasteiger partial charge in [-0.15, -0.1) is 0 Å². The molecule has 3 aromatic carbocycles. The molecule has 0 saturated carbocycles. The summed E-state index contributed by atoms with van der Waals surface area (Å²) < 4.78 is 19.4. The predicted molar refractivity (Wildman–Crippen MR) is 126 cm³/mol. The van der Waals surface area contributed by atoms with Crippen LogP contribution in [0.15, 0.2) is 66.4 Å². The average Bonchev–Trinajstić information content (AvgIpc) is 3.11. The summed E-state index contributed by atoms with van der Waals surface area (Å²) in [5.41, 5.74) is 2.61. The molecule has 0 unspecified atom stereocenters. The standard InChI is InChI=1S/C26H22ClFN2O3/c27-18-4-2-6-20(15-18)30-11-9-29(10-12-30)16-22-23(31)8-7-21-25(32)24(33-26(21)22)14-17-3-1-5-19(28)13-17/h1-8,13-15,31H,9-12,16H2/b24-14-. The number of phenolic OH excluding ortho intramolecular Hbond substituents is 1. The minimum atomic E-state index is -0.387. The zero-order chi connectivity index (χ0) is 22.9. The van der Waals surface area contributed by atoms with Gasteiger partial charge in [-0.2, -0.15) is 0 Å². The Morgan fingerprint density at radius 2 is 1.82 bits per heavy atom. The topological polar surface area (TPSA) is 53.0 Å². The van der Waals surface area contributed by atoms with Crippen molar-refractivity contribution < 1.29 is 19.0 Å². The van der Waals surface area contributed by atoms with Crippen molar-refractivity contribution in [1.29, 1.82) is 0 Å². The molecule has 2 aliphatic heterocycles. The normalized spacial score (nSPS) is 17.3. The van der Waals surface area contributed by atoms with Gasteiger partial charge in [0.05, 0.1) is 11.1 Å². The predicted octanol–water partition coefficient (Wildman–Crippen LogP) is 5.12. The number of nitrogens with zero attached hydrogens (tertiary/aromatic N) is 2. The van der Waals surface area contributed by atoms with Gasteiger partial charge in [0, 0.05) is 43.4 Å². The Kier molecular flexibility index (Phi) is 5.79. The Balaban J connectivity index is 1.33. The van der Waals surface area contributed by atoms with Crippen molar-refractivity contribution >= 4 is 29.1 Å². The molecule has 3 aromatic rings. The van der Waals surface area contributed by atoms with Gasteiger partial charge in [-0.1, -0.05) is 29.8 Å². The molecule has 0 radical (unpaired) electrons. The first-order chi connectivity index (χ1) is 16.0. The van der Waals surface area contributed by atoms with E-state index in [1.165, 1.54) is 24.3 Å². The van der Waals surface area contributed by atoms with Gasteiger partial charge in [0.2, 0.25) is 5.78 Å². The quantitative estimate of drug-likeness (QED) is 0.543. The van der Waals surface area contributed by atoms with Crippen LogP contribution in [0.25, 0.3) is 6.08 Å². The second kappa shape index (κ2) is 8.89. The molecule has 0 spiro atoms. The largest absolute Gasteiger partial charge is 0.507 e. The lowest BCUT2D eigenvalue weighted by Crippen LogP contribution is -2.46. The number of benzene rings is 3. The minimum Gasteiger partial charge on any atom is -0.507 e. The number of aromatic hydroxyl groups is 1. The maximum Gasteiger partial charge on any atom is 0.231 e. The van der Waals surface area contributed by atoms with Crippen molar-refractivity contribution in [2.45, 2.75) is 6.54 Å². The summed E-state index contributed by atoms with van der Waals surface area (Å²) in [7, 11) is 0. The van der Waals surface area contributed by atoms with Crippen molar-refractivity contribution in [3.8, 4) is 11.5 Å². The fraction of sp³-hybridized carbons (Fsp3) is 0.192. The highest BCUT2D eigenvalue weighted by molar-refractivity contribution is 6.30. The molecule has 0 atom stereocenters. The van der Waals surface area contributed by atoms with E-state index in [0.717, 1.165) is 31.9 Å². The van der Waals surface area contributed by atoms with E-state index < -0.39 is 0 Å². The fourth-order valence-electron chi connectivity index (χ4n) is 4.26. The zero-order valence-electron chi connectivity index (χ0n) is 17.8. The van der Waals surface area contributed by atoms with Crippen LogP contribution in [-0.4, -0.2) is 42.0 Å². The molecule has 168 valence electrons. The number of carbonyl (C=O) groups is 1. The van der Waals surface area contributed by atoms with Crippen LogP contribution < -0.4 is 9.64 Å². The zero-order valence-corrected chi connectivity index (χ0v) is 18.6. The van der Waals surface area contributed by atoms with Crippen molar-refractivity contribution in [1.82, 2.24) is 4.90 Å². The highest BCUT2D eigenvalue weighted by atomic mass is 35.5. The third-order valence-corrected chi connectivity index (χ3v) is 6.23. The van der Waals surface area contributed by atoms with Crippen LogP contribution in [0.2, 0.25) is 5.02 Å². The van der Waals surface area contributed by atoms with Crippen LogP contribution >= 0.6 is 11.6 Å². The second-order valence-corrected chi connectivity index (χ2v) is 8.61. The van der Waals surface area contributed by atoms with Crippen LogP contribution in [0.3, 0.4) is 0 Å². The first-order valence-electron chi connectivity index (χ1n) is 10.8. The number of Topliss-reactive ketones (excluding diaryl/α,β-unsaturated/α-hetero) is 1.